The van der Waals surface area contributed by atoms with Crippen LogP contribution in [0.1, 0.15) is 32.8 Å². The predicted octanol–water partition coefficient (Wildman–Crippen LogP) is 2.60. The first kappa shape index (κ1) is 13.8. The quantitative estimate of drug-likeness (QED) is 0.809. The zero-order valence-corrected chi connectivity index (χ0v) is 10.7. The van der Waals surface area contributed by atoms with Crippen LogP contribution in [0.5, 0.6) is 0 Å². The van der Waals surface area contributed by atoms with Crippen molar-refractivity contribution in [3.05, 3.63) is 35.9 Å². The van der Waals surface area contributed by atoms with Gasteiger partial charge in [0.2, 0.25) is 0 Å². The minimum absolute atomic E-state index is 0.0232. The Balaban J connectivity index is 2.44. The molecule has 0 unspecified atom stereocenters. The number of hydrogen-bond donors (Lipinski definition) is 1. The van der Waals surface area contributed by atoms with Gasteiger partial charge in [0.05, 0.1) is 12.2 Å². The van der Waals surface area contributed by atoms with Crippen LogP contribution in [-0.4, -0.2) is 23.4 Å². The molecule has 17 heavy (non-hydrogen) atoms. The van der Waals surface area contributed by atoms with Gasteiger partial charge in [-0.1, -0.05) is 30.0 Å². The van der Waals surface area contributed by atoms with Crippen molar-refractivity contribution >= 4 is 0 Å². The molecule has 2 nitrogen and oxygen atoms in total. The van der Waals surface area contributed by atoms with Gasteiger partial charge in [0.25, 0.3) is 0 Å². The minimum Gasteiger partial charge on any atom is -0.393 e. The zero-order valence-electron chi connectivity index (χ0n) is 10.7. The second-order valence-electron chi connectivity index (χ2n) is 4.31. The predicted molar refractivity (Wildman–Crippen MR) is 69.6 cm³/mol. The Morgan fingerprint density at radius 2 is 1.82 bits per heavy atom. The summed E-state index contributed by atoms with van der Waals surface area (Å²) >= 11 is 0. The van der Waals surface area contributed by atoms with Gasteiger partial charge in [0.1, 0.15) is 6.10 Å². The van der Waals surface area contributed by atoms with Crippen molar-refractivity contribution in [2.45, 2.75) is 45.5 Å². The molecular weight excluding hydrogens is 212 g/mol. The molecule has 0 spiro atoms. The summed E-state index contributed by atoms with van der Waals surface area (Å²) in [6.45, 7) is 5.64. The fourth-order valence-electron chi connectivity index (χ4n) is 1.62. The fraction of sp³-hybridized carbons (Fsp3) is 0.467. The number of ether oxygens (including phenoxy) is 1. The molecule has 0 aromatic heterocycles. The lowest BCUT2D eigenvalue weighted by Crippen LogP contribution is -2.20. The first-order valence-corrected chi connectivity index (χ1v) is 5.98. The van der Waals surface area contributed by atoms with E-state index in [9.17, 15) is 5.11 Å². The third kappa shape index (κ3) is 6.11. The van der Waals surface area contributed by atoms with E-state index >= 15 is 0 Å². The normalized spacial score (nSPS) is 15.5. The van der Waals surface area contributed by atoms with Gasteiger partial charge < -0.3 is 9.84 Å². The molecule has 3 atom stereocenters. The van der Waals surface area contributed by atoms with Gasteiger partial charge in [-0.3, -0.25) is 0 Å². The van der Waals surface area contributed by atoms with E-state index in [2.05, 4.69) is 11.8 Å². The first-order valence-electron chi connectivity index (χ1n) is 5.98. The molecule has 0 fully saturated rings. The highest BCUT2D eigenvalue weighted by Crippen LogP contribution is 2.05. The molecule has 0 bridgehead atoms. The van der Waals surface area contributed by atoms with E-state index < -0.39 is 0 Å². The third-order valence-corrected chi connectivity index (χ3v) is 2.30. The lowest BCUT2D eigenvalue weighted by atomic mass is 10.2. The average molecular weight is 232 g/mol. The molecule has 0 saturated heterocycles. The van der Waals surface area contributed by atoms with Gasteiger partial charge in [-0.2, -0.15) is 0 Å². The standard InChI is InChI=1S/C15H20O2/c1-12(16)11-14(3)17-13(2)9-10-15-7-5-4-6-8-15/h4-8,12-14,16H,11H2,1-3H3/t12-,13+,14-/m1/s1. The molecule has 0 heterocycles. The van der Waals surface area contributed by atoms with Crippen molar-refractivity contribution in [3.8, 4) is 11.8 Å². The summed E-state index contributed by atoms with van der Waals surface area (Å²) in [6, 6.07) is 9.84. The topological polar surface area (TPSA) is 29.5 Å². The molecule has 1 aromatic carbocycles. The minimum atomic E-state index is -0.334. The van der Waals surface area contributed by atoms with Gasteiger partial charge in [0.15, 0.2) is 0 Å². The highest BCUT2D eigenvalue weighted by molar-refractivity contribution is 5.34. The van der Waals surface area contributed by atoms with Gasteiger partial charge in [-0.25, -0.2) is 0 Å². The number of rotatable bonds is 4. The SMILES string of the molecule is C[C@H](C[C@@H](C)O)O[C@@H](C)C#Cc1ccccc1. The van der Waals surface area contributed by atoms with Crippen LogP contribution in [0.25, 0.3) is 0 Å². The van der Waals surface area contributed by atoms with Gasteiger partial charge in [-0.15, -0.1) is 0 Å². The Kier molecular flexibility index (Phi) is 5.76. The smallest absolute Gasteiger partial charge is 0.116 e. The summed E-state index contributed by atoms with van der Waals surface area (Å²) in [5.74, 6) is 6.11. The van der Waals surface area contributed by atoms with Crippen LogP contribution in [0.4, 0.5) is 0 Å². The molecule has 0 aliphatic heterocycles. The van der Waals surface area contributed by atoms with Crippen LogP contribution in [0, 0.1) is 11.8 Å². The number of hydrogen-bond acceptors (Lipinski definition) is 2. The van der Waals surface area contributed by atoms with Crippen molar-refractivity contribution in [1.29, 1.82) is 0 Å². The molecule has 1 rings (SSSR count). The maximum atomic E-state index is 9.23. The molecule has 0 amide bonds. The molecule has 2 heteroatoms. The Bertz CT molecular complexity index is 373. The second-order valence-corrected chi connectivity index (χ2v) is 4.31. The molecule has 1 aromatic rings. The van der Waals surface area contributed by atoms with E-state index in [0.717, 1.165) is 5.56 Å². The van der Waals surface area contributed by atoms with E-state index in [-0.39, 0.29) is 18.3 Å². The van der Waals surface area contributed by atoms with Crippen LogP contribution in [0.2, 0.25) is 0 Å². The second kappa shape index (κ2) is 7.11. The summed E-state index contributed by atoms with van der Waals surface area (Å²) < 4.78 is 5.65. The van der Waals surface area contributed by atoms with E-state index in [1.165, 1.54) is 0 Å². The Morgan fingerprint density at radius 1 is 1.18 bits per heavy atom. The Hall–Kier alpha value is -1.30. The molecule has 0 aliphatic carbocycles. The van der Waals surface area contributed by atoms with Crippen LogP contribution in [0.15, 0.2) is 30.3 Å². The van der Waals surface area contributed by atoms with Crippen LogP contribution in [0.3, 0.4) is 0 Å². The van der Waals surface area contributed by atoms with Crippen molar-refractivity contribution in [2.75, 3.05) is 0 Å². The zero-order chi connectivity index (χ0) is 12.7. The highest BCUT2D eigenvalue weighted by Gasteiger charge is 2.08. The Morgan fingerprint density at radius 3 is 2.41 bits per heavy atom. The molecule has 0 saturated carbocycles. The lowest BCUT2D eigenvalue weighted by Gasteiger charge is -2.16. The molecule has 1 N–H and O–H groups in total. The molecule has 0 aliphatic rings. The number of aliphatic hydroxyl groups excluding tert-OH is 1. The van der Waals surface area contributed by atoms with Crippen molar-refractivity contribution in [1.82, 2.24) is 0 Å². The van der Waals surface area contributed by atoms with Gasteiger partial charge in [-0.05, 0) is 39.3 Å². The summed E-state index contributed by atoms with van der Waals surface area (Å²) in [7, 11) is 0. The Labute approximate surface area is 104 Å². The summed E-state index contributed by atoms with van der Waals surface area (Å²) in [5, 5.41) is 9.23. The van der Waals surface area contributed by atoms with E-state index in [0.29, 0.717) is 6.42 Å². The van der Waals surface area contributed by atoms with Crippen LogP contribution in [-0.2, 0) is 4.74 Å². The van der Waals surface area contributed by atoms with Crippen molar-refractivity contribution in [3.63, 3.8) is 0 Å². The maximum Gasteiger partial charge on any atom is 0.116 e. The van der Waals surface area contributed by atoms with Gasteiger partial charge in [0, 0.05) is 5.56 Å². The molecular formula is C15H20O2. The summed E-state index contributed by atoms with van der Waals surface area (Å²) in [5.41, 5.74) is 0.992. The third-order valence-electron chi connectivity index (χ3n) is 2.30. The van der Waals surface area contributed by atoms with E-state index in [4.69, 9.17) is 4.74 Å². The van der Waals surface area contributed by atoms with E-state index in [1.807, 2.05) is 44.2 Å². The highest BCUT2D eigenvalue weighted by atomic mass is 16.5. The molecule has 0 radical (unpaired) electrons. The van der Waals surface area contributed by atoms with Crippen molar-refractivity contribution in [2.24, 2.45) is 0 Å². The summed E-state index contributed by atoms with van der Waals surface area (Å²) in [6.07, 6.45) is 0.204. The van der Waals surface area contributed by atoms with Crippen LogP contribution >= 0.6 is 0 Å². The van der Waals surface area contributed by atoms with Crippen LogP contribution < -0.4 is 0 Å². The first-order chi connectivity index (χ1) is 8.08. The molecule has 92 valence electrons. The maximum absolute atomic E-state index is 9.23. The lowest BCUT2D eigenvalue weighted by molar-refractivity contribution is 0.00909. The van der Waals surface area contributed by atoms with Gasteiger partial charge >= 0.3 is 0 Å². The van der Waals surface area contributed by atoms with Crippen molar-refractivity contribution < 1.29 is 9.84 Å². The largest absolute Gasteiger partial charge is 0.393 e. The number of aliphatic hydroxyl groups is 1. The summed E-state index contributed by atoms with van der Waals surface area (Å²) in [4.78, 5) is 0. The fourth-order valence-corrected chi connectivity index (χ4v) is 1.62. The average Bonchev–Trinajstić information content (AvgIpc) is 2.26. The monoisotopic (exact) mass is 232 g/mol. The van der Waals surface area contributed by atoms with E-state index in [1.54, 1.807) is 6.92 Å². The number of benzene rings is 1.